The highest BCUT2D eigenvalue weighted by molar-refractivity contribution is 5.80. The molecule has 2 atom stereocenters. The lowest BCUT2D eigenvalue weighted by molar-refractivity contribution is -0.127. The molecule has 0 heterocycles. The molecule has 1 aromatic carbocycles. The Kier molecular flexibility index (Phi) is 7.23. The highest BCUT2D eigenvalue weighted by atomic mass is 16.5. The van der Waals surface area contributed by atoms with E-state index in [4.69, 9.17) is 10.5 Å². The van der Waals surface area contributed by atoms with Gasteiger partial charge in [-0.2, -0.15) is 0 Å². The number of hydrogen-bond acceptors (Lipinski definition) is 3. The number of ether oxygens (including phenoxy) is 1. The van der Waals surface area contributed by atoms with Crippen LogP contribution in [0.2, 0.25) is 0 Å². The lowest BCUT2D eigenvalue weighted by atomic mass is 10.0. The molecule has 4 nitrogen and oxygen atoms in total. The average Bonchev–Trinajstić information content (AvgIpc) is 2.44. The van der Waals surface area contributed by atoms with Gasteiger partial charge in [-0.15, -0.1) is 0 Å². The van der Waals surface area contributed by atoms with E-state index in [2.05, 4.69) is 26.1 Å². The highest BCUT2D eigenvalue weighted by Crippen LogP contribution is 2.16. The first-order valence-corrected chi connectivity index (χ1v) is 7.71. The molecule has 118 valence electrons. The zero-order chi connectivity index (χ0) is 15.8. The zero-order valence-electron chi connectivity index (χ0n) is 13.6. The molecule has 0 bridgehead atoms. The number of hydrogen-bond donors (Lipinski definition) is 2. The summed E-state index contributed by atoms with van der Waals surface area (Å²) in [5.41, 5.74) is 7.10. The molecule has 2 unspecified atom stereocenters. The van der Waals surface area contributed by atoms with Gasteiger partial charge in [-0.1, -0.05) is 32.9 Å². The standard InChI is InChI=1S/C17H28N2O2/c1-5-15(18)9-14-7-6-8-16(10-14)21-13(4)17(20)19-11-12(2)3/h6-8,10,12-13,15H,5,9,11,18H2,1-4H3,(H,19,20). The van der Waals surface area contributed by atoms with Gasteiger partial charge in [0.1, 0.15) is 5.75 Å². The van der Waals surface area contributed by atoms with Gasteiger partial charge in [0.2, 0.25) is 0 Å². The number of carbonyl (C=O) groups is 1. The van der Waals surface area contributed by atoms with Crippen molar-refractivity contribution < 1.29 is 9.53 Å². The minimum Gasteiger partial charge on any atom is -0.481 e. The summed E-state index contributed by atoms with van der Waals surface area (Å²) in [5.74, 6) is 1.06. The lowest BCUT2D eigenvalue weighted by Gasteiger charge is -2.16. The fourth-order valence-corrected chi connectivity index (χ4v) is 1.90. The van der Waals surface area contributed by atoms with Gasteiger partial charge >= 0.3 is 0 Å². The van der Waals surface area contributed by atoms with Crippen LogP contribution in [-0.2, 0) is 11.2 Å². The van der Waals surface area contributed by atoms with Crippen molar-refractivity contribution >= 4 is 5.91 Å². The number of nitrogens with one attached hydrogen (secondary N) is 1. The van der Waals surface area contributed by atoms with Crippen molar-refractivity contribution in [2.75, 3.05) is 6.54 Å². The number of rotatable bonds is 8. The predicted octanol–water partition coefficient (Wildman–Crippen LogP) is 2.51. The Morgan fingerprint density at radius 1 is 1.33 bits per heavy atom. The quantitative estimate of drug-likeness (QED) is 0.774. The Morgan fingerprint density at radius 2 is 2.05 bits per heavy atom. The van der Waals surface area contributed by atoms with Crippen LogP contribution >= 0.6 is 0 Å². The first-order valence-electron chi connectivity index (χ1n) is 7.71. The van der Waals surface area contributed by atoms with Crippen molar-refractivity contribution in [3.63, 3.8) is 0 Å². The van der Waals surface area contributed by atoms with Gasteiger partial charge in [0, 0.05) is 12.6 Å². The minimum absolute atomic E-state index is 0.0839. The van der Waals surface area contributed by atoms with E-state index in [0.717, 1.165) is 18.4 Å². The predicted molar refractivity (Wildman–Crippen MR) is 86.4 cm³/mol. The van der Waals surface area contributed by atoms with Crippen LogP contribution in [0.15, 0.2) is 24.3 Å². The summed E-state index contributed by atoms with van der Waals surface area (Å²) in [5, 5.41) is 2.87. The van der Waals surface area contributed by atoms with E-state index in [1.165, 1.54) is 0 Å². The Hall–Kier alpha value is -1.55. The molecule has 0 spiro atoms. The van der Waals surface area contributed by atoms with Crippen LogP contribution in [0.3, 0.4) is 0 Å². The molecular weight excluding hydrogens is 264 g/mol. The monoisotopic (exact) mass is 292 g/mol. The van der Waals surface area contributed by atoms with Crippen LogP contribution in [-0.4, -0.2) is 24.6 Å². The van der Waals surface area contributed by atoms with Gasteiger partial charge < -0.3 is 15.8 Å². The molecule has 1 rings (SSSR count). The summed E-state index contributed by atoms with van der Waals surface area (Å²) in [6, 6.07) is 7.96. The maximum atomic E-state index is 11.9. The maximum Gasteiger partial charge on any atom is 0.260 e. The molecule has 0 aliphatic rings. The highest BCUT2D eigenvalue weighted by Gasteiger charge is 2.14. The van der Waals surface area contributed by atoms with Crippen LogP contribution in [0.4, 0.5) is 0 Å². The Labute approximate surface area is 128 Å². The summed E-state index contributed by atoms with van der Waals surface area (Å²) in [4.78, 5) is 11.9. The Bertz CT molecular complexity index is 446. The smallest absolute Gasteiger partial charge is 0.260 e. The average molecular weight is 292 g/mol. The van der Waals surface area contributed by atoms with E-state index in [-0.39, 0.29) is 11.9 Å². The number of carbonyl (C=O) groups excluding carboxylic acids is 1. The second-order valence-electron chi connectivity index (χ2n) is 5.92. The first-order chi connectivity index (χ1) is 9.92. The Morgan fingerprint density at radius 3 is 2.67 bits per heavy atom. The third kappa shape index (κ3) is 6.63. The molecule has 0 saturated heterocycles. The van der Waals surface area contributed by atoms with Crippen molar-refractivity contribution in [1.29, 1.82) is 0 Å². The van der Waals surface area contributed by atoms with E-state index >= 15 is 0 Å². The lowest BCUT2D eigenvalue weighted by Crippen LogP contribution is -2.38. The normalized spacial score (nSPS) is 13.8. The van der Waals surface area contributed by atoms with E-state index in [0.29, 0.717) is 18.2 Å². The van der Waals surface area contributed by atoms with Crippen LogP contribution in [0.25, 0.3) is 0 Å². The van der Waals surface area contributed by atoms with Crippen molar-refractivity contribution in [3.8, 4) is 5.75 Å². The second-order valence-corrected chi connectivity index (χ2v) is 5.92. The van der Waals surface area contributed by atoms with E-state index in [1.807, 2.05) is 24.3 Å². The van der Waals surface area contributed by atoms with Gasteiger partial charge in [0.15, 0.2) is 6.10 Å². The van der Waals surface area contributed by atoms with Crippen molar-refractivity contribution in [3.05, 3.63) is 29.8 Å². The summed E-state index contributed by atoms with van der Waals surface area (Å²) in [6.45, 7) is 8.63. The summed E-state index contributed by atoms with van der Waals surface area (Å²) in [6.07, 6.45) is 1.26. The van der Waals surface area contributed by atoms with Crippen LogP contribution in [0.5, 0.6) is 5.75 Å². The number of nitrogens with two attached hydrogens (primary N) is 1. The number of amides is 1. The largest absolute Gasteiger partial charge is 0.481 e. The Balaban J connectivity index is 2.57. The van der Waals surface area contributed by atoms with Crippen LogP contribution in [0.1, 0.15) is 39.7 Å². The van der Waals surface area contributed by atoms with Gasteiger partial charge in [0.05, 0.1) is 0 Å². The molecule has 21 heavy (non-hydrogen) atoms. The molecule has 1 amide bonds. The van der Waals surface area contributed by atoms with E-state index in [1.54, 1.807) is 6.92 Å². The topological polar surface area (TPSA) is 64.3 Å². The molecule has 0 aliphatic carbocycles. The van der Waals surface area contributed by atoms with Crippen molar-refractivity contribution in [1.82, 2.24) is 5.32 Å². The zero-order valence-corrected chi connectivity index (χ0v) is 13.6. The first kappa shape index (κ1) is 17.5. The van der Waals surface area contributed by atoms with Gasteiger partial charge in [-0.25, -0.2) is 0 Å². The molecule has 0 aromatic heterocycles. The summed E-state index contributed by atoms with van der Waals surface area (Å²) < 4.78 is 5.71. The molecule has 1 aromatic rings. The third-order valence-electron chi connectivity index (χ3n) is 3.29. The number of benzene rings is 1. The van der Waals surface area contributed by atoms with Gasteiger partial charge in [-0.3, -0.25) is 4.79 Å². The van der Waals surface area contributed by atoms with Crippen molar-refractivity contribution in [2.45, 2.75) is 52.7 Å². The van der Waals surface area contributed by atoms with Crippen LogP contribution in [0, 0.1) is 5.92 Å². The molecule has 0 aliphatic heterocycles. The van der Waals surface area contributed by atoms with Gasteiger partial charge in [0.25, 0.3) is 5.91 Å². The SMILES string of the molecule is CCC(N)Cc1cccc(OC(C)C(=O)NCC(C)C)c1. The molecule has 0 fully saturated rings. The summed E-state index contributed by atoms with van der Waals surface area (Å²) in [7, 11) is 0. The van der Waals surface area contributed by atoms with Crippen LogP contribution < -0.4 is 15.8 Å². The fraction of sp³-hybridized carbons (Fsp3) is 0.588. The maximum absolute atomic E-state index is 11.9. The van der Waals surface area contributed by atoms with E-state index in [9.17, 15) is 4.79 Å². The van der Waals surface area contributed by atoms with Gasteiger partial charge in [-0.05, 0) is 43.4 Å². The minimum atomic E-state index is -0.501. The summed E-state index contributed by atoms with van der Waals surface area (Å²) >= 11 is 0. The third-order valence-corrected chi connectivity index (χ3v) is 3.29. The van der Waals surface area contributed by atoms with Crippen molar-refractivity contribution in [2.24, 2.45) is 11.7 Å². The second kappa shape index (κ2) is 8.67. The molecule has 0 radical (unpaired) electrons. The van der Waals surface area contributed by atoms with E-state index < -0.39 is 6.10 Å². The fourth-order valence-electron chi connectivity index (χ4n) is 1.90. The molecule has 0 saturated carbocycles. The molecule has 3 N–H and O–H groups in total. The molecule has 4 heteroatoms. The molecular formula is C17H28N2O2.